The van der Waals surface area contributed by atoms with Crippen LogP contribution in [0.15, 0.2) is 60.7 Å². The number of hydrogen-bond donors (Lipinski definition) is 2. The summed E-state index contributed by atoms with van der Waals surface area (Å²) in [5.41, 5.74) is 3.08. The molecule has 0 aliphatic rings. The van der Waals surface area contributed by atoms with Crippen molar-refractivity contribution in [2.45, 2.75) is 13.8 Å². The molecular weight excluding hydrogens is 345 g/mol. The summed E-state index contributed by atoms with van der Waals surface area (Å²) >= 11 is 0. The zero-order chi connectivity index (χ0) is 19.4. The number of para-hydroxylation sites is 1. The second kappa shape index (κ2) is 7.78. The number of anilines is 2. The Morgan fingerprint density at radius 1 is 0.815 bits per heavy atom. The maximum absolute atomic E-state index is 13.2. The van der Waals surface area contributed by atoms with Gasteiger partial charge in [-0.2, -0.15) is 0 Å². The number of aromatic nitrogens is 1. The largest absolute Gasteiger partial charge is 0.321 e. The molecule has 0 saturated heterocycles. The van der Waals surface area contributed by atoms with Crippen LogP contribution in [0.5, 0.6) is 0 Å². The third-order valence-corrected chi connectivity index (χ3v) is 4.02. The summed E-state index contributed by atoms with van der Waals surface area (Å²) in [6.07, 6.45) is 0. The lowest BCUT2D eigenvalue weighted by molar-refractivity contribution is 0.101. The second-order valence-electron chi connectivity index (χ2n) is 6.09. The van der Waals surface area contributed by atoms with Crippen LogP contribution in [0.1, 0.15) is 32.1 Å². The molecule has 0 saturated carbocycles. The van der Waals surface area contributed by atoms with Gasteiger partial charge in [-0.15, -0.1) is 0 Å². The van der Waals surface area contributed by atoms with E-state index in [2.05, 4.69) is 15.6 Å². The van der Waals surface area contributed by atoms with Gasteiger partial charge in [0.05, 0.1) is 0 Å². The van der Waals surface area contributed by atoms with Gasteiger partial charge >= 0.3 is 0 Å². The maximum Gasteiger partial charge on any atom is 0.274 e. The van der Waals surface area contributed by atoms with Crippen molar-refractivity contribution in [1.82, 2.24) is 4.98 Å². The van der Waals surface area contributed by atoms with E-state index in [0.717, 1.165) is 16.8 Å². The highest BCUT2D eigenvalue weighted by Crippen LogP contribution is 2.20. The fraction of sp³-hybridized carbons (Fsp3) is 0.0952. The van der Waals surface area contributed by atoms with Crippen LogP contribution in [0.4, 0.5) is 15.8 Å². The quantitative estimate of drug-likeness (QED) is 0.724. The van der Waals surface area contributed by atoms with Crippen LogP contribution in [0.3, 0.4) is 0 Å². The molecule has 0 aliphatic carbocycles. The number of aryl methyl sites for hydroxylation is 2. The monoisotopic (exact) mass is 363 g/mol. The molecule has 0 unspecified atom stereocenters. The Bertz CT molecular complexity index is 998. The van der Waals surface area contributed by atoms with Crippen LogP contribution >= 0.6 is 0 Å². The van der Waals surface area contributed by atoms with Crippen LogP contribution in [0.2, 0.25) is 0 Å². The summed E-state index contributed by atoms with van der Waals surface area (Å²) in [6.45, 7) is 3.80. The molecule has 1 aromatic heterocycles. The molecule has 0 fully saturated rings. The van der Waals surface area contributed by atoms with Gasteiger partial charge in [0.2, 0.25) is 0 Å². The van der Waals surface area contributed by atoms with Crippen LogP contribution < -0.4 is 10.6 Å². The lowest BCUT2D eigenvalue weighted by atomic mass is 10.1. The van der Waals surface area contributed by atoms with Gasteiger partial charge in [-0.1, -0.05) is 30.3 Å². The molecule has 5 nitrogen and oxygen atoms in total. The SMILES string of the molecule is Cc1cccc(C)c1NC(=O)c1cccc(C(=O)Nc2cccc(F)c2)n1. The maximum atomic E-state index is 13.2. The fourth-order valence-corrected chi connectivity index (χ4v) is 2.64. The molecule has 0 radical (unpaired) electrons. The predicted octanol–water partition coefficient (Wildman–Crippen LogP) is 4.34. The average molecular weight is 363 g/mol. The lowest BCUT2D eigenvalue weighted by Gasteiger charge is -2.11. The Kier molecular flexibility index (Phi) is 5.26. The van der Waals surface area contributed by atoms with Gasteiger partial charge < -0.3 is 10.6 Å². The first kappa shape index (κ1) is 18.3. The first-order chi connectivity index (χ1) is 12.9. The highest BCUT2D eigenvalue weighted by atomic mass is 19.1. The third kappa shape index (κ3) is 4.36. The number of carbonyl (C=O) groups excluding carboxylic acids is 2. The molecule has 0 aliphatic heterocycles. The summed E-state index contributed by atoms with van der Waals surface area (Å²) < 4.78 is 13.2. The van der Waals surface area contributed by atoms with E-state index < -0.39 is 17.6 Å². The van der Waals surface area contributed by atoms with E-state index in [4.69, 9.17) is 0 Å². The van der Waals surface area contributed by atoms with E-state index in [0.29, 0.717) is 5.69 Å². The van der Waals surface area contributed by atoms with Crippen LogP contribution in [-0.4, -0.2) is 16.8 Å². The predicted molar refractivity (Wildman–Crippen MR) is 102 cm³/mol. The van der Waals surface area contributed by atoms with Gasteiger partial charge in [0.1, 0.15) is 17.2 Å². The Morgan fingerprint density at radius 2 is 1.37 bits per heavy atom. The van der Waals surface area contributed by atoms with E-state index in [9.17, 15) is 14.0 Å². The van der Waals surface area contributed by atoms with Crippen LogP contribution in [0, 0.1) is 19.7 Å². The molecule has 2 amide bonds. The Morgan fingerprint density at radius 3 is 2.00 bits per heavy atom. The Hall–Kier alpha value is -3.54. The molecule has 2 aromatic carbocycles. The number of benzene rings is 2. The molecule has 0 spiro atoms. The van der Waals surface area contributed by atoms with Crippen LogP contribution in [-0.2, 0) is 0 Å². The first-order valence-corrected chi connectivity index (χ1v) is 8.35. The zero-order valence-corrected chi connectivity index (χ0v) is 14.9. The third-order valence-electron chi connectivity index (χ3n) is 4.02. The van der Waals surface area contributed by atoms with E-state index in [1.807, 2.05) is 32.0 Å². The number of amides is 2. The molecule has 3 rings (SSSR count). The smallest absolute Gasteiger partial charge is 0.274 e. The highest BCUT2D eigenvalue weighted by Gasteiger charge is 2.14. The van der Waals surface area contributed by atoms with Crippen molar-refractivity contribution in [2.75, 3.05) is 10.6 Å². The van der Waals surface area contributed by atoms with Crippen molar-refractivity contribution in [3.8, 4) is 0 Å². The van der Waals surface area contributed by atoms with E-state index in [-0.39, 0.29) is 11.4 Å². The molecule has 27 heavy (non-hydrogen) atoms. The van der Waals surface area contributed by atoms with Gasteiger partial charge in [-0.3, -0.25) is 9.59 Å². The van der Waals surface area contributed by atoms with E-state index >= 15 is 0 Å². The van der Waals surface area contributed by atoms with E-state index in [1.54, 1.807) is 12.1 Å². The highest BCUT2D eigenvalue weighted by molar-refractivity contribution is 6.06. The summed E-state index contributed by atoms with van der Waals surface area (Å²) in [7, 11) is 0. The topological polar surface area (TPSA) is 71.1 Å². The zero-order valence-electron chi connectivity index (χ0n) is 14.9. The van der Waals surface area contributed by atoms with Gasteiger partial charge in [0, 0.05) is 11.4 Å². The summed E-state index contributed by atoms with van der Waals surface area (Å²) in [5, 5.41) is 5.40. The standard InChI is InChI=1S/C21H18FN3O2/c1-13-6-3-7-14(2)19(13)25-21(27)18-11-5-10-17(24-18)20(26)23-16-9-4-8-15(22)12-16/h3-12H,1-2H3,(H,23,26)(H,25,27). The number of carbonyl (C=O) groups is 2. The summed E-state index contributed by atoms with van der Waals surface area (Å²) in [4.78, 5) is 29.0. The number of hydrogen-bond acceptors (Lipinski definition) is 3. The van der Waals surface area contributed by atoms with Crippen molar-refractivity contribution in [1.29, 1.82) is 0 Å². The number of halogens is 1. The van der Waals surface area contributed by atoms with Crippen molar-refractivity contribution in [3.05, 3.63) is 89.0 Å². The molecule has 136 valence electrons. The average Bonchev–Trinajstić information content (AvgIpc) is 2.65. The molecular formula is C21H18FN3O2. The summed E-state index contributed by atoms with van der Waals surface area (Å²) in [5.74, 6) is -1.39. The van der Waals surface area contributed by atoms with Gasteiger partial charge in [0.25, 0.3) is 11.8 Å². The minimum Gasteiger partial charge on any atom is -0.321 e. The van der Waals surface area contributed by atoms with Gasteiger partial charge in [-0.05, 0) is 55.3 Å². The molecule has 0 atom stereocenters. The molecule has 6 heteroatoms. The van der Waals surface area contributed by atoms with Gasteiger partial charge in [-0.25, -0.2) is 9.37 Å². The van der Waals surface area contributed by atoms with Gasteiger partial charge in [0.15, 0.2) is 0 Å². The Balaban J connectivity index is 1.78. The number of nitrogens with one attached hydrogen (secondary N) is 2. The molecule has 0 bridgehead atoms. The Labute approximate surface area is 156 Å². The number of rotatable bonds is 4. The minimum absolute atomic E-state index is 0.0633. The van der Waals surface area contributed by atoms with Crippen LogP contribution in [0.25, 0.3) is 0 Å². The number of pyridine rings is 1. The molecule has 2 N–H and O–H groups in total. The number of nitrogens with zero attached hydrogens (tertiary/aromatic N) is 1. The van der Waals surface area contributed by atoms with Crippen molar-refractivity contribution < 1.29 is 14.0 Å². The van der Waals surface area contributed by atoms with Crippen molar-refractivity contribution in [3.63, 3.8) is 0 Å². The van der Waals surface area contributed by atoms with E-state index in [1.165, 1.54) is 30.3 Å². The van der Waals surface area contributed by atoms with Crippen molar-refractivity contribution >= 4 is 23.2 Å². The molecule has 1 heterocycles. The first-order valence-electron chi connectivity index (χ1n) is 8.35. The lowest BCUT2D eigenvalue weighted by Crippen LogP contribution is -2.19. The summed E-state index contributed by atoms with van der Waals surface area (Å²) in [6, 6.07) is 15.9. The minimum atomic E-state index is -0.526. The second-order valence-corrected chi connectivity index (χ2v) is 6.09. The van der Waals surface area contributed by atoms with Crippen molar-refractivity contribution in [2.24, 2.45) is 0 Å². The molecule has 3 aromatic rings. The fourth-order valence-electron chi connectivity index (χ4n) is 2.64. The normalized spacial score (nSPS) is 10.3.